The van der Waals surface area contributed by atoms with Gasteiger partial charge in [-0.05, 0) is 55.7 Å². The van der Waals surface area contributed by atoms with Gasteiger partial charge >= 0.3 is 5.97 Å². The van der Waals surface area contributed by atoms with Crippen molar-refractivity contribution in [3.63, 3.8) is 0 Å². The number of benzene rings is 1. The van der Waals surface area contributed by atoms with Crippen molar-refractivity contribution in [2.45, 2.75) is 20.8 Å². The molecule has 1 aromatic carbocycles. The van der Waals surface area contributed by atoms with Crippen LogP contribution in [0.1, 0.15) is 26.3 Å². The first-order valence-corrected chi connectivity index (χ1v) is 8.25. The molecule has 0 bridgehead atoms. The summed E-state index contributed by atoms with van der Waals surface area (Å²) in [5.41, 5.74) is 4.11. The highest BCUT2D eigenvalue weighted by atomic mass is 16.5. The molecule has 1 aliphatic rings. The van der Waals surface area contributed by atoms with Crippen LogP contribution in [-0.4, -0.2) is 26.3 Å². The minimum Gasteiger partial charge on any atom is -0.497 e. The number of esters is 1. The summed E-state index contributed by atoms with van der Waals surface area (Å²) in [6.45, 7) is 6.60. The summed E-state index contributed by atoms with van der Waals surface area (Å²) in [7, 11) is 1.64. The highest BCUT2D eigenvalue weighted by Crippen LogP contribution is 2.32. The van der Waals surface area contributed by atoms with Crippen LogP contribution in [0.4, 0.5) is 0 Å². The Bertz CT molecular complexity index is 751. The normalized spacial score (nSPS) is 14.6. The van der Waals surface area contributed by atoms with E-state index in [1.807, 2.05) is 50.3 Å². The summed E-state index contributed by atoms with van der Waals surface area (Å²) < 4.78 is 15.9. The summed E-state index contributed by atoms with van der Waals surface area (Å²) in [5, 5.41) is 0. The summed E-state index contributed by atoms with van der Waals surface area (Å²) in [4.78, 5) is 11.4. The monoisotopic (exact) mass is 340 g/mol. The number of allylic oxidation sites excluding steroid dienone is 4. The number of hydrogen-bond acceptors (Lipinski definition) is 4. The van der Waals surface area contributed by atoms with E-state index in [2.05, 4.69) is 6.08 Å². The van der Waals surface area contributed by atoms with E-state index >= 15 is 0 Å². The van der Waals surface area contributed by atoms with Gasteiger partial charge in [0.25, 0.3) is 0 Å². The second kappa shape index (κ2) is 8.92. The van der Waals surface area contributed by atoms with Crippen LogP contribution in [-0.2, 0) is 9.53 Å². The fraction of sp³-hybridized carbons (Fsp3) is 0.286. The predicted octanol–water partition coefficient (Wildman–Crippen LogP) is 4.48. The molecule has 1 aromatic rings. The average Bonchev–Trinajstić information content (AvgIpc) is 2.60. The van der Waals surface area contributed by atoms with E-state index in [-0.39, 0.29) is 5.97 Å². The molecule has 0 radical (unpaired) electrons. The molecule has 2 rings (SSSR count). The number of rotatable bonds is 6. The van der Waals surface area contributed by atoms with Gasteiger partial charge in [-0.25, -0.2) is 4.79 Å². The van der Waals surface area contributed by atoms with Crippen molar-refractivity contribution in [2.24, 2.45) is 0 Å². The second-order valence-corrected chi connectivity index (χ2v) is 5.71. The Balaban J connectivity index is 2.08. The number of ether oxygens (including phenoxy) is 3. The summed E-state index contributed by atoms with van der Waals surface area (Å²) in [6, 6.07) is 5.80. The van der Waals surface area contributed by atoms with Gasteiger partial charge in [0.2, 0.25) is 0 Å². The summed E-state index contributed by atoms with van der Waals surface area (Å²) >= 11 is 0. The van der Waals surface area contributed by atoms with E-state index < -0.39 is 0 Å². The zero-order valence-electron chi connectivity index (χ0n) is 15.2. The van der Waals surface area contributed by atoms with E-state index in [0.717, 1.165) is 33.8 Å². The van der Waals surface area contributed by atoms with Crippen molar-refractivity contribution in [1.29, 1.82) is 0 Å². The summed E-state index contributed by atoms with van der Waals surface area (Å²) in [6.07, 6.45) is 9.41. The minimum absolute atomic E-state index is 0.319. The molecular weight excluding hydrogens is 316 g/mol. The first kappa shape index (κ1) is 18.6. The molecule has 132 valence electrons. The summed E-state index contributed by atoms with van der Waals surface area (Å²) in [5.74, 6) is 1.30. The van der Waals surface area contributed by atoms with Crippen LogP contribution in [0.5, 0.6) is 11.5 Å². The van der Waals surface area contributed by atoms with Gasteiger partial charge in [0.1, 0.15) is 18.1 Å². The molecule has 0 fully saturated rings. The number of fused-ring (bicyclic) bond motifs is 1. The largest absolute Gasteiger partial charge is 0.497 e. The number of methoxy groups -OCH3 is 1. The van der Waals surface area contributed by atoms with Crippen LogP contribution in [0.15, 0.2) is 59.2 Å². The van der Waals surface area contributed by atoms with Crippen molar-refractivity contribution in [1.82, 2.24) is 0 Å². The second-order valence-electron chi connectivity index (χ2n) is 5.71. The molecule has 1 aliphatic heterocycles. The van der Waals surface area contributed by atoms with E-state index in [1.165, 1.54) is 6.08 Å². The van der Waals surface area contributed by atoms with Gasteiger partial charge in [0.15, 0.2) is 0 Å². The fourth-order valence-electron chi connectivity index (χ4n) is 2.37. The van der Waals surface area contributed by atoms with E-state index in [4.69, 9.17) is 14.2 Å². The smallest absolute Gasteiger partial charge is 0.330 e. The Morgan fingerprint density at radius 1 is 1.32 bits per heavy atom. The van der Waals surface area contributed by atoms with E-state index in [9.17, 15) is 4.79 Å². The first-order valence-electron chi connectivity index (χ1n) is 8.25. The number of carbonyl (C=O) groups excluding carboxylic acids is 1. The Morgan fingerprint density at radius 3 is 2.84 bits per heavy atom. The lowest BCUT2D eigenvalue weighted by atomic mass is 10.0. The molecule has 0 amide bonds. The highest BCUT2D eigenvalue weighted by Gasteiger charge is 2.13. The fourth-order valence-corrected chi connectivity index (χ4v) is 2.37. The molecule has 0 unspecified atom stereocenters. The van der Waals surface area contributed by atoms with Gasteiger partial charge in [-0.1, -0.05) is 18.2 Å². The third-order valence-electron chi connectivity index (χ3n) is 3.78. The molecule has 0 atom stereocenters. The highest BCUT2D eigenvalue weighted by molar-refractivity contribution is 5.83. The maximum atomic E-state index is 11.4. The van der Waals surface area contributed by atoms with Crippen molar-refractivity contribution in [3.8, 4) is 11.5 Å². The number of carbonyl (C=O) groups is 1. The third-order valence-corrected chi connectivity index (χ3v) is 3.78. The Kier molecular flexibility index (Phi) is 6.63. The van der Waals surface area contributed by atoms with Gasteiger partial charge in [-0.3, -0.25) is 0 Å². The van der Waals surface area contributed by atoms with E-state index in [1.54, 1.807) is 14.0 Å². The molecule has 0 spiro atoms. The van der Waals surface area contributed by atoms with Gasteiger partial charge in [-0.15, -0.1) is 0 Å². The average molecular weight is 340 g/mol. The van der Waals surface area contributed by atoms with Crippen molar-refractivity contribution >= 4 is 12.0 Å². The number of hydrogen-bond donors (Lipinski definition) is 0. The standard InChI is InChI=1S/C21H24O4/c1-5-24-21(22)11-15(2)7-6-8-16(3)18-12-17-9-10-19(23-4)13-20(17)25-14-18/h6-13H,5,14H2,1-4H3/b7-6+,15-11+,16-8+. The molecule has 0 saturated carbocycles. The zero-order chi connectivity index (χ0) is 18.2. The Morgan fingerprint density at radius 2 is 2.12 bits per heavy atom. The third kappa shape index (κ3) is 5.38. The minimum atomic E-state index is -0.319. The van der Waals surface area contributed by atoms with Crippen LogP contribution < -0.4 is 9.47 Å². The van der Waals surface area contributed by atoms with Crippen LogP contribution >= 0.6 is 0 Å². The Labute approximate surface area is 149 Å². The lowest BCUT2D eigenvalue weighted by molar-refractivity contribution is -0.137. The topological polar surface area (TPSA) is 44.8 Å². The predicted molar refractivity (Wildman–Crippen MR) is 99.8 cm³/mol. The molecule has 0 aliphatic carbocycles. The van der Waals surface area contributed by atoms with Crippen molar-refractivity contribution < 1.29 is 19.0 Å². The molecule has 4 nitrogen and oxygen atoms in total. The van der Waals surface area contributed by atoms with Gasteiger partial charge in [0, 0.05) is 17.7 Å². The molecular formula is C21H24O4. The van der Waals surface area contributed by atoms with Crippen LogP contribution in [0.25, 0.3) is 6.08 Å². The zero-order valence-corrected chi connectivity index (χ0v) is 15.2. The maximum Gasteiger partial charge on any atom is 0.330 e. The van der Waals surface area contributed by atoms with E-state index in [0.29, 0.717) is 13.2 Å². The van der Waals surface area contributed by atoms with Crippen LogP contribution in [0.2, 0.25) is 0 Å². The van der Waals surface area contributed by atoms with Gasteiger partial charge < -0.3 is 14.2 Å². The van der Waals surface area contributed by atoms with Crippen LogP contribution in [0, 0.1) is 0 Å². The van der Waals surface area contributed by atoms with Crippen LogP contribution in [0.3, 0.4) is 0 Å². The van der Waals surface area contributed by atoms with Crippen molar-refractivity contribution in [2.75, 3.05) is 20.3 Å². The maximum absolute atomic E-state index is 11.4. The molecule has 0 aromatic heterocycles. The SMILES string of the molecule is CCOC(=O)/C=C(C)/C=C/C=C(\C)C1=Cc2ccc(OC)cc2OC1. The quantitative estimate of drug-likeness (QED) is 0.435. The lowest BCUT2D eigenvalue weighted by Gasteiger charge is -2.19. The first-order chi connectivity index (χ1) is 12.0. The van der Waals surface area contributed by atoms with Gasteiger partial charge in [-0.2, -0.15) is 0 Å². The van der Waals surface area contributed by atoms with Crippen molar-refractivity contribution in [3.05, 3.63) is 64.8 Å². The molecule has 4 heteroatoms. The lowest BCUT2D eigenvalue weighted by Crippen LogP contribution is -2.08. The molecule has 0 saturated heterocycles. The molecule has 1 heterocycles. The molecule has 25 heavy (non-hydrogen) atoms. The van der Waals surface area contributed by atoms with Gasteiger partial charge in [0.05, 0.1) is 13.7 Å². The Hall–Kier alpha value is -2.75. The molecule has 0 N–H and O–H groups in total.